The van der Waals surface area contributed by atoms with Crippen LogP contribution in [0.5, 0.6) is 0 Å². The van der Waals surface area contributed by atoms with Crippen molar-refractivity contribution in [2.24, 2.45) is 35.0 Å². The maximum Gasteiger partial charge on any atom is 0.133 e. The van der Waals surface area contributed by atoms with Crippen LogP contribution in [0, 0.1) is 35.0 Å². The fourth-order valence-electron chi connectivity index (χ4n) is 8.77. The molecule has 2 aliphatic heterocycles. The first-order chi connectivity index (χ1) is 16.0. The second-order valence-corrected chi connectivity index (χ2v) is 12.0. The van der Waals surface area contributed by atoms with Crippen molar-refractivity contribution in [1.82, 2.24) is 5.32 Å². The van der Waals surface area contributed by atoms with Crippen molar-refractivity contribution >= 4 is 5.78 Å². The first-order valence-corrected chi connectivity index (χ1v) is 14.6. The number of rotatable bonds is 0. The third-order valence-electron chi connectivity index (χ3n) is 10.5. The van der Waals surface area contributed by atoms with Gasteiger partial charge in [-0.15, -0.1) is 0 Å². The van der Waals surface area contributed by atoms with E-state index in [-0.39, 0.29) is 13.0 Å². The van der Waals surface area contributed by atoms with Crippen molar-refractivity contribution in [2.75, 3.05) is 6.54 Å². The third-order valence-corrected chi connectivity index (χ3v) is 10.5. The van der Waals surface area contributed by atoms with Crippen LogP contribution in [0.2, 0.25) is 0 Å². The summed E-state index contributed by atoms with van der Waals surface area (Å²) in [5, 5.41) is 3.78. The van der Waals surface area contributed by atoms with E-state index in [1.165, 1.54) is 44.9 Å². The number of ketones is 1. The lowest BCUT2D eigenvalue weighted by molar-refractivity contribution is -0.129. The van der Waals surface area contributed by atoms with E-state index in [1.807, 2.05) is 27.7 Å². The van der Waals surface area contributed by atoms with Crippen molar-refractivity contribution in [3.63, 3.8) is 0 Å². The molecule has 0 aromatic carbocycles. The van der Waals surface area contributed by atoms with Gasteiger partial charge in [0, 0.05) is 18.9 Å². The summed E-state index contributed by atoms with van der Waals surface area (Å²) >= 11 is 0. The highest BCUT2D eigenvalue weighted by molar-refractivity contribution is 5.79. The van der Waals surface area contributed by atoms with E-state index in [9.17, 15) is 4.79 Å². The molecule has 3 nitrogen and oxygen atoms in total. The van der Waals surface area contributed by atoms with Crippen LogP contribution in [-0.2, 0) is 9.53 Å². The first kappa shape index (κ1) is 27.9. The van der Waals surface area contributed by atoms with Crippen LogP contribution in [0.3, 0.4) is 0 Å². The topological polar surface area (TPSA) is 38.3 Å². The van der Waals surface area contributed by atoms with Crippen LogP contribution in [0.25, 0.3) is 0 Å². The van der Waals surface area contributed by atoms with Gasteiger partial charge >= 0.3 is 0 Å². The summed E-state index contributed by atoms with van der Waals surface area (Å²) in [5.41, 5.74) is 2.30. The molecule has 3 saturated carbocycles. The van der Waals surface area contributed by atoms with E-state index >= 15 is 0 Å². The Labute approximate surface area is 211 Å². The monoisotopic (exact) mass is 473 g/mol. The van der Waals surface area contributed by atoms with Gasteiger partial charge in [-0.3, -0.25) is 4.79 Å². The Bertz CT molecular complexity index is 731. The molecule has 0 aromatic rings. The second-order valence-electron chi connectivity index (χ2n) is 12.0. The number of ether oxygens (including phenoxy) is 1. The van der Waals surface area contributed by atoms with Gasteiger partial charge in [-0.1, -0.05) is 60.6 Å². The van der Waals surface area contributed by atoms with Gasteiger partial charge in [-0.2, -0.15) is 0 Å². The zero-order valence-electron chi connectivity index (χ0n) is 22.4. The SMILES string of the molecule is C.CC.CC.CC1CNC2CC3(CC=C4CC5C(CCC6CC(=O)CCC65C)C4CC3)OC2C1. The van der Waals surface area contributed by atoms with E-state index in [0.717, 1.165) is 55.9 Å². The quantitative estimate of drug-likeness (QED) is 0.366. The normalized spacial score (nSPS) is 46.6. The molecule has 0 amide bonds. The lowest BCUT2D eigenvalue weighted by atomic mass is 9.52. The Morgan fingerprint density at radius 1 is 1.06 bits per heavy atom. The molecule has 0 bridgehead atoms. The average Bonchev–Trinajstić information content (AvgIpc) is 3.32. The second kappa shape index (κ2) is 11.2. The fourth-order valence-corrected chi connectivity index (χ4v) is 8.77. The molecule has 2 saturated heterocycles. The van der Waals surface area contributed by atoms with Crippen molar-refractivity contribution in [2.45, 2.75) is 137 Å². The molecule has 0 radical (unpaired) electrons. The number of Topliss-reactive ketones (excluding diaryl/α,β-unsaturated/α-hetero) is 1. The molecule has 9 atom stereocenters. The highest BCUT2D eigenvalue weighted by atomic mass is 16.5. The van der Waals surface area contributed by atoms with Crippen LogP contribution in [0.15, 0.2) is 11.6 Å². The first-order valence-electron chi connectivity index (χ1n) is 14.6. The van der Waals surface area contributed by atoms with Crippen molar-refractivity contribution in [3.05, 3.63) is 11.6 Å². The zero-order valence-corrected chi connectivity index (χ0v) is 22.4. The molecule has 2 heterocycles. The molecule has 3 heteroatoms. The van der Waals surface area contributed by atoms with Crippen LogP contribution >= 0.6 is 0 Å². The van der Waals surface area contributed by atoms with E-state index in [1.54, 1.807) is 5.57 Å². The van der Waals surface area contributed by atoms with E-state index in [0.29, 0.717) is 29.3 Å². The summed E-state index contributed by atoms with van der Waals surface area (Å²) in [6.45, 7) is 14.1. The molecule has 6 rings (SSSR count). The molecule has 0 aromatic heterocycles. The molecule has 1 N–H and O–H groups in total. The van der Waals surface area contributed by atoms with Crippen LogP contribution in [-0.4, -0.2) is 30.1 Å². The van der Waals surface area contributed by atoms with Crippen LogP contribution in [0.1, 0.15) is 120 Å². The number of piperidine rings is 1. The Balaban J connectivity index is 0.000000618. The minimum atomic E-state index is 0. The predicted molar refractivity (Wildman–Crippen MR) is 144 cm³/mol. The van der Waals surface area contributed by atoms with E-state index in [4.69, 9.17) is 4.74 Å². The third kappa shape index (κ3) is 4.82. The molecule has 4 aliphatic carbocycles. The van der Waals surface area contributed by atoms with Crippen molar-refractivity contribution in [3.8, 4) is 0 Å². The van der Waals surface area contributed by atoms with Gasteiger partial charge in [0.1, 0.15) is 5.78 Å². The van der Waals surface area contributed by atoms with Gasteiger partial charge in [0.25, 0.3) is 0 Å². The maximum atomic E-state index is 12.1. The molecule has 9 unspecified atom stereocenters. The number of allylic oxidation sites excluding steroid dienone is 1. The molecule has 196 valence electrons. The number of hydrogen-bond acceptors (Lipinski definition) is 3. The Kier molecular flexibility index (Phi) is 9.16. The molecule has 5 fully saturated rings. The fraction of sp³-hybridized carbons (Fsp3) is 0.903. The highest BCUT2D eigenvalue weighted by Crippen LogP contribution is 2.64. The predicted octanol–water partition coefficient (Wildman–Crippen LogP) is 7.73. The Morgan fingerprint density at radius 2 is 1.82 bits per heavy atom. The lowest BCUT2D eigenvalue weighted by Gasteiger charge is -2.52. The largest absolute Gasteiger partial charge is 0.370 e. The Hall–Kier alpha value is -0.670. The smallest absolute Gasteiger partial charge is 0.133 e. The van der Waals surface area contributed by atoms with E-state index in [2.05, 4.69) is 25.2 Å². The number of hydrogen-bond donors (Lipinski definition) is 1. The highest BCUT2D eigenvalue weighted by Gasteiger charge is 2.57. The average molecular weight is 474 g/mol. The van der Waals surface area contributed by atoms with Gasteiger partial charge in [0.2, 0.25) is 0 Å². The van der Waals surface area contributed by atoms with Crippen LogP contribution in [0.4, 0.5) is 0 Å². The standard InChI is InChI=1S/C26H39NO2.2C2H6.CH4/c1-16-11-24-23(27-15-16)14-26(29-24)9-5-17-12-22-21(20(17)7-10-26)4-3-18-13-19(28)6-8-25(18,22)2;2*1-2;/h5,16,18,20-24,27H,3-4,6-15H2,1-2H3;2*1-2H3;1H4. The number of carbonyl (C=O) groups excluding carboxylic acids is 1. The van der Waals surface area contributed by atoms with Crippen molar-refractivity contribution in [1.29, 1.82) is 0 Å². The molecular formula is C31H55NO2. The summed E-state index contributed by atoms with van der Waals surface area (Å²) in [6.07, 6.45) is 16.1. The minimum Gasteiger partial charge on any atom is -0.370 e. The summed E-state index contributed by atoms with van der Waals surface area (Å²) in [6, 6.07) is 0.587. The van der Waals surface area contributed by atoms with Crippen molar-refractivity contribution < 1.29 is 9.53 Å². The zero-order chi connectivity index (χ0) is 23.8. The van der Waals surface area contributed by atoms with E-state index < -0.39 is 0 Å². The van der Waals surface area contributed by atoms with Crippen LogP contribution < -0.4 is 5.32 Å². The summed E-state index contributed by atoms with van der Waals surface area (Å²) in [4.78, 5) is 12.1. The number of nitrogens with one attached hydrogen (secondary N) is 1. The van der Waals surface area contributed by atoms with Gasteiger partial charge in [-0.05, 0) is 99.3 Å². The molecule has 34 heavy (non-hydrogen) atoms. The summed E-state index contributed by atoms with van der Waals surface area (Å²) in [5.74, 6) is 4.43. The van der Waals surface area contributed by atoms with Gasteiger partial charge in [0.15, 0.2) is 0 Å². The molecule has 6 aliphatic rings. The van der Waals surface area contributed by atoms with Gasteiger partial charge in [0.05, 0.1) is 11.7 Å². The van der Waals surface area contributed by atoms with Gasteiger partial charge < -0.3 is 10.1 Å². The summed E-state index contributed by atoms with van der Waals surface area (Å²) in [7, 11) is 0. The maximum absolute atomic E-state index is 12.1. The number of carbonyl (C=O) groups is 1. The molecule has 1 spiro atoms. The summed E-state index contributed by atoms with van der Waals surface area (Å²) < 4.78 is 6.82. The number of fused-ring (bicyclic) bond motifs is 6. The Morgan fingerprint density at radius 3 is 2.59 bits per heavy atom. The molecular weight excluding hydrogens is 418 g/mol. The lowest BCUT2D eigenvalue weighted by Crippen LogP contribution is -2.46. The minimum absolute atomic E-state index is 0. The van der Waals surface area contributed by atoms with Gasteiger partial charge in [-0.25, -0.2) is 0 Å².